The summed E-state index contributed by atoms with van der Waals surface area (Å²) in [4.78, 5) is 23.4. The van der Waals surface area contributed by atoms with E-state index in [0.29, 0.717) is 36.8 Å². The van der Waals surface area contributed by atoms with Gasteiger partial charge in [0.15, 0.2) is 5.65 Å². The van der Waals surface area contributed by atoms with Crippen molar-refractivity contribution < 1.29 is 9.47 Å². The second-order valence-corrected chi connectivity index (χ2v) is 7.26. The van der Waals surface area contributed by atoms with Crippen LogP contribution in [0.1, 0.15) is 5.56 Å². The van der Waals surface area contributed by atoms with Crippen LogP contribution in [0.15, 0.2) is 65.6 Å². The van der Waals surface area contributed by atoms with Gasteiger partial charge < -0.3 is 14.5 Å². The van der Waals surface area contributed by atoms with Crippen LogP contribution in [0.2, 0.25) is 0 Å². The van der Waals surface area contributed by atoms with Gasteiger partial charge in [-0.25, -0.2) is 14.6 Å². The van der Waals surface area contributed by atoms with Crippen LogP contribution < -0.4 is 10.3 Å². The van der Waals surface area contributed by atoms with Crippen molar-refractivity contribution in [3.05, 3.63) is 76.7 Å². The van der Waals surface area contributed by atoms with Crippen LogP contribution in [0.5, 0.6) is 5.88 Å². The van der Waals surface area contributed by atoms with Crippen molar-refractivity contribution in [2.75, 3.05) is 20.3 Å². The molecule has 1 N–H and O–H groups in total. The van der Waals surface area contributed by atoms with Crippen LogP contribution >= 0.6 is 0 Å². The Labute approximate surface area is 182 Å². The molecule has 0 aliphatic carbocycles. The first-order valence-corrected chi connectivity index (χ1v) is 10.1. The van der Waals surface area contributed by atoms with Crippen molar-refractivity contribution in [2.45, 2.75) is 6.54 Å². The van der Waals surface area contributed by atoms with Crippen molar-refractivity contribution in [3.8, 4) is 17.1 Å². The first-order valence-electron chi connectivity index (χ1n) is 10.1. The Morgan fingerprint density at radius 1 is 1.03 bits per heavy atom. The van der Waals surface area contributed by atoms with Crippen LogP contribution in [0, 0.1) is 0 Å². The predicted molar refractivity (Wildman–Crippen MR) is 120 cm³/mol. The highest BCUT2D eigenvalue weighted by atomic mass is 16.5. The maximum atomic E-state index is 11.5. The molecule has 0 bridgehead atoms. The van der Waals surface area contributed by atoms with E-state index in [1.807, 2.05) is 48.5 Å². The molecule has 0 aliphatic heterocycles. The Balaban J connectivity index is 1.41. The van der Waals surface area contributed by atoms with E-state index in [9.17, 15) is 4.79 Å². The van der Waals surface area contributed by atoms with Crippen LogP contribution in [0.25, 0.3) is 33.3 Å². The molecular weight excluding hydrogens is 408 g/mol. The maximum absolute atomic E-state index is 11.5. The van der Waals surface area contributed by atoms with Crippen molar-refractivity contribution >= 4 is 22.1 Å². The minimum Gasteiger partial charge on any atom is -0.475 e. The minimum atomic E-state index is -0.117. The van der Waals surface area contributed by atoms with Crippen LogP contribution in [-0.2, 0) is 11.3 Å². The Morgan fingerprint density at radius 2 is 1.97 bits per heavy atom. The number of hydrogen-bond acceptors (Lipinski definition) is 7. The van der Waals surface area contributed by atoms with Crippen LogP contribution in [0.3, 0.4) is 0 Å². The van der Waals surface area contributed by atoms with Crippen LogP contribution in [-0.4, -0.2) is 50.3 Å². The molecule has 1 aromatic carbocycles. The zero-order chi connectivity index (χ0) is 21.9. The molecule has 4 heterocycles. The smallest absolute Gasteiger partial charge is 0.248 e. The predicted octanol–water partition coefficient (Wildman–Crippen LogP) is 2.80. The molecule has 0 saturated carbocycles. The quantitative estimate of drug-likeness (QED) is 0.397. The van der Waals surface area contributed by atoms with E-state index in [1.165, 1.54) is 6.07 Å². The molecule has 160 valence electrons. The number of aromatic amines is 1. The van der Waals surface area contributed by atoms with Crippen LogP contribution in [0.4, 0.5) is 0 Å². The van der Waals surface area contributed by atoms with Crippen molar-refractivity contribution in [1.29, 1.82) is 0 Å². The highest BCUT2D eigenvalue weighted by molar-refractivity contribution is 5.79. The van der Waals surface area contributed by atoms with E-state index in [2.05, 4.69) is 20.3 Å². The van der Waals surface area contributed by atoms with E-state index in [0.717, 1.165) is 27.7 Å². The average Bonchev–Trinajstić information content (AvgIpc) is 3.22. The third kappa shape index (κ3) is 4.06. The van der Waals surface area contributed by atoms with Gasteiger partial charge in [-0.3, -0.25) is 4.79 Å². The normalized spacial score (nSPS) is 11.3. The molecule has 9 nitrogen and oxygen atoms in total. The molecule has 0 radical (unpaired) electrons. The number of benzene rings is 1. The lowest BCUT2D eigenvalue weighted by molar-refractivity contribution is 0.144. The molecule has 0 spiro atoms. The summed E-state index contributed by atoms with van der Waals surface area (Å²) in [6, 6.07) is 16.7. The zero-order valence-corrected chi connectivity index (χ0v) is 17.4. The van der Waals surface area contributed by atoms with Gasteiger partial charge in [0.25, 0.3) is 0 Å². The molecule has 0 aliphatic rings. The summed E-state index contributed by atoms with van der Waals surface area (Å²) in [7, 11) is 1.63. The number of H-pyrrole nitrogens is 1. The fraction of sp³-hybridized carbons (Fsp3) is 0.174. The SMILES string of the molecule is COCCOc1ccc(-c2ccc3nnn(Cc4ccc5[nH]c(=O)ccc5c4)c3n2)cn1. The molecule has 5 aromatic rings. The molecule has 0 amide bonds. The lowest BCUT2D eigenvalue weighted by Gasteiger charge is -2.07. The Morgan fingerprint density at radius 3 is 2.81 bits per heavy atom. The summed E-state index contributed by atoms with van der Waals surface area (Å²) in [5, 5.41) is 9.47. The van der Waals surface area contributed by atoms with Crippen molar-refractivity contribution in [1.82, 2.24) is 29.9 Å². The Hall–Kier alpha value is -4.11. The van der Waals surface area contributed by atoms with Gasteiger partial charge in [0, 0.05) is 36.5 Å². The minimum absolute atomic E-state index is 0.117. The van der Waals surface area contributed by atoms with Gasteiger partial charge in [-0.05, 0) is 47.3 Å². The highest BCUT2D eigenvalue weighted by Gasteiger charge is 2.10. The third-order valence-corrected chi connectivity index (χ3v) is 5.05. The van der Waals surface area contributed by atoms with Crippen molar-refractivity contribution in [2.24, 2.45) is 0 Å². The number of fused-ring (bicyclic) bond motifs is 2. The summed E-state index contributed by atoms with van der Waals surface area (Å²) in [5.41, 5.74) is 4.75. The summed E-state index contributed by atoms with van der Waals surface area (Å²) >= 11 is 0. The molecule has 0 unspecified atom stereocenters. The van der Waals surface area contributed by atoms with E-state index in [-0.39, 0.29) is 5.56 Å². The molecule has 0 saturated heterocycles. The van der Waals surface area contributed by atoms with Gasteiger partial charge in [-0.15, -0.1) is 5.10 Å². The fourth-order valence-corrected chi connectivity index (χ4v) is 3.44. The number of methoxy groups -OCH3 is 1. The monoisotopic (exact) mass is 428 g/mol. The molecule has 5 rings (SSSR count). The number of rotatable bonds is 7. The van der Waals surface area contributed by atoms with E-state index < -0.39 is 0 Å². The standard InChI is InChI=1S/C23H20N6O3/c1-31-10-11-32-22-9-4-17(13-24-22)19-6-7-20-23(26-19)29(28-27-20)14-15-2-5-18-16(12-15)3-8-21(30)25-18/h2-9,12-13H,10-11,14H2,1H3,(H,25,30). The molecule has 32 heavy (non-hydrogen) atoms. The number of aromatic nitrogens is 6. The summed E-state index contributed by atoms with van der Waals surface area (Å²) in [6.07, 6.45) is 1.73. The molecule has 0 atom stereocenters. The van der Waals surface area contributed by atoms with Gasteiger partial charge in [-0.1, -0.05) is 11.3 Å². The van der Waals surface area contributed by atoms with E-state index in [1.54, 1.807) is 18.0 Å². The first kappa shape index (κ1) is 19.8. The lowest BCUT2D eigenvalue weighted by Crippen LogP contribution is -2.05. The summed E-state index contributed by atoms with van der Waals surface area (Å²) in [6.45, 7) is 1.46. The number of nitrogens with one attached hydrogen (secondary N) is 1. The van der Waals surface area contributed by atoms with E-state index in [4.69, 9.17) is 14.5 Å². The van der Waals surface area contributed by atoms with Crippen molar-refractivity contribution in [3.63, 3.8) is 0 Å². The first-order chi connectivity index (χ1) is 15.7. The topological polar surface area (TPSA) is 108 Å². The second kappa shape index (κ2) is 8.56. The summed E-state index contributed by atoms with van der Waals surface area (Å²) in [5.74, 6) is 0.538. The van der Waals surface area contributed by atoms with E-state index >= 15 is 0 Å². The van der Waals surface area contributed by atoms with Gasteiger partial charge in [0.2, 0.25) is 11.4 Å². The third-order valence-electron chi connectivity index (χ3n) is 5.05. The average molecular weight is 428 g/mol. The Kier molecular flexibility index (Phi) is 5.30. The van der Waals surface area contributed by atoms with Gasteiger partial charge >= 0.3 is 0 Å². The number of ether oxygens (including phenoxy) is 2. The molecule has 0 fully saturated rings. The van der Waals surface area contributed by atoms with Gasteiger partial charge in [0.1, 0.15) is 12.1 Å². The zero-order valence-electron chi connectivity index (χ0n) is 17.4. The summed E-state index contributed by atoms with van der Waals surface area (Å²) < 4.78 is 12.3. The molecule has 4 aromatic heterocycles. The van der Waals surface area contributed by atoms with Gasteiger partial charge in [-0.2, -0.15) is 0 Å². The number of hydrogen-bond donors (Lipinski definition) is 1. The van der Waals surface area contributed by atoms with Gasteiger partial charge in [0.05, 0.1) is 18.8 Å². The lowest BCUT2D eigenvalue weighted by atomic mass is 10.1. The molecular formula is C23H20N6O3. The maximum Gasteiger partial charge on any atom is 0.248 e. The number of pyridine rings is 3. The largest absolute Gasteiger partial charge is 0.475 e. The number of nitrogens with zero attached hydrogens (tertiary/aromatic N) is 5. The Bertz CT molecular complexity index is 1440. The highest BCUT2D eigenvalue weighted by Crippen LogP contribution is 2.22. The fourth-order valence-electron chi connectivity index (χ4n) is 3.44. The molecule has 9 heteroatoms. The second-order valence-electron chi connectivity index (χ2n) is 7.26.